The summed E-state index contributed by atoms with van der Waals surface area (Å²) in [6, 6.07) is 18.3. The maximum atomic E-state index is 14.3. The number of carbonyl (C=O) groups excluding carboxylic acids is 4. The molecule has 0 radical (unpaired) electrons. The lowest BCUT2D eigenvalue weighted by atomic mass is 9.56. The molecule has 10 heteroatoms. The van der Waals surface area contributed by atoms with Gasteiger partial charge in [0.25, 0.3) is 11.8 Å². The molecule has 0 spiro atoms. The second-order valence-electron chi connectivity index (χ2n) is 11.6. The number of anilines is 2. The van der Waals surface area contributed by atoms with E-state index in [9.17, 15) is 28.7 Å². The smallest absolute Gasteiger partial charge is 0.258 e. The van der Waals surface area contributed by atoms with Gasteiger partial charge in [-0.3, -0.25) is 24.1 Å². The molecule has 3 aromatic rings. The molecule has 2 heterocycles. The first-order chi connectivity index (χ1) is 20.5. The van der Waals surface area contributed by atoms with Crippen LogP contribution in [0.4, 0.5) is 15.8 Å². The Hall–Kier alpha value is -4.01. The van der Waals surface area contributed by atoms with E-state index in [2.05, 4.69) is 0 Å². The number of phenols is 1. The Bertz CT molecular complexity index is 1760. The van der Waals surface area contributed by atoms with Crippen molar-refractivity contribution in [3.8, 4) is 5.75 Å². The van der Waals surface area contributed by atoms with Crippen LogP contribution in [0.1, 0.15) is 29.9 Å². The van der Waals surface area contributed by atoms with E-state index in [1.165, 1.54) is 23.1 Å². The number of allylic oxidation sites excluding steroid dienone is 2. The van der Waals surface area contributed by atoms with E-state index in [0.29, 0.717) is 22.4 Å². The summed E-state index contributed by atoms with van der Waals surface area (Å²) < 4.78 is 13.8. The average Bonchev–Trinajstić information content (AvgIpc) is 3.33. The normalized spacial score (nSPS) is 31.6. The Morgan fingerprint density at radius 2 is 1.51 bits per heavy atom. The number of halogens is 3. The molecule has 3 fully saturated rings. The fraction of sp³-hybridized carbons (Fsp3) is 0.273. The molecule has 3 aromatic carbocycles. The molecule has 2 aliphatic carbocycles. The van der Waals surface area contributed by atoms with Gasteiger partial charge in [-0.1, -0.05) is 42.0 Å². The Morgan fingerprint density at radius 1 is 0.837 bits per heavy atom. The highest BCUT2D eigenvalue weighted by atomic mass is 35.5. The number of carbonyl (C=O) groups is 4. The number of phenolic OH excluding ortho intramolecular Hbond substituents is 1. The summed E-state index contributed by atoms with van der Waals surface area (Å²) in [6.07, 6.45) is 1.93. The lowest BCUT2D eigenvalue weighted by Crippen LogP contribution is -2.60. The summed E-state index contributed by atoms with van der Waals surface area (Å²) in [6.45, 7) is 1.70. The third kappa shape index (κ3) is 3.66. The average molecular weight is 619 g/mol. The molecule has 0 bridgehead atoms. The monoisotopic (exact) mass is 618 g/mol. The van der Waals surface area contributed by atoms with Crippen molar-refractivity contribution < 1.29 is 28.7 Å². The number of alkyl halides is 2. The van der Waals surface area contributed by atoms with Crippen LogP contribution >= 0.6 is 23.2 Å². The minimum atomic E-state index is -2.02. The molecule has 43 heavy (non-hydrogen) atoms. The number of hydrogen-bond acceptors (Lipinski definition) is 5. The Balaban J connectivity index is 1.41. The SMILES string of the molecule is Cc1cc([C@H]2C3=CC[C@@H]4C(=O)N(c5ccccc5)C(=O)[C@@H]4[C@@H]3C[C@@]3(Cl)C(=O)N(c4ccc(F)cc4)C(=O)[C@@]23Cl)ccc1O. The van der Waals surface area contributed by atoms with Gasteiger partial charge >= 0.3 is 0 Å². The summed E-state index contributed by atoms with van der Waals surface area (Å²) in [4.78, 5) is 54.3. The van der Waals surface area contributed by atoms with Gasteiger partial charge in [0.1, 0.15) is 11.6 Å². The van der Waals surface area contributed by atoms with Gasteiger partial charge in [0.2, 0.25) is 11.8 Å². The van der Waals surface area contributed by atoms with Crippen LogP contribution in [0.3, 0.4) is 0 Å². The highest BCUT2D eigenvalue weighted by molar-refractivity contribution is 6.58. The molecule has 7 nitrogen and oxygen atoms in total. The molecule has 2 saturated heterocycles. The quantitative estimate of drug-likeness (QED) is 0.234. The molecular weight excluding hydrogens is 594 g/mol. The predicted molar refractivity (Wildman–Crippen MR) is 158 cm³/mol. The van der Waals surface area contributed by atoms with Crippen molar-refractivity contribution in [2.45, 2.75) is 35.4 Å². The molecule has 4 amide bonds. The van der Waals surface area contributed by atoms with Crippen molar-refractivity contribution >= 4 is 58.2 Å². The van der Waals surface area contributed by atoms with Gasteiger partial charge in [-0.2, -0.15) is 0 Å². The lowest BCUT2D eigenvalue weighted by molar-refractivity contribution is -0.125. The maximum Gasteiger partial charge on any atom is 0.258 e. The van der Waals surface area contributed by atoms with Crippen molar-refractivity contribution in [1.29, 1.82) is 0 Å². The highest BCUT2D eigenvalue weighted by Gasteiger charge is 2.76. The van der Waals surface area contributed by atoms with Crippen LogP contribution in [-0.2, 0) is 19.2 Å². The summed E-state index contributed by atoms with van der Waals surface area (Å²) in [5.41, 5.74) is 2.27. The third-order valence-electron chi connectivity index (χ3n) is 9.46. The molecule has 4 aliphatic rings. The highest BCUT2D eigenvalue weighted by Crippen LogP contribution is 2.66. The predicted octanol–water partition coefficient (Wildman–Crippen LogP) is 5.61. The maximum absolute atomic E-state index is 14.3. The van der Waals surface area contributed by atoms with Crippen molar-refractivity contribution in [3.63, 3.8) is 0 Å². The second kappa shape index (κ2) is 9.49. The minimum absolute atomic E-state index is 0.0337. The summed E-state index contributed by atoms with van der Waals surface area (Å²) in [5, 5.41) is 10.3. The number of rotatable bonds is 3. The number of fused-ring (bicyclic) bond motifs is 4. The topological polar surface area (TPSA) is 95.0 Å². The van der Waals surface area contributed by atoms with Crippen LogP contribution in [-0.4, -0.2) is 38.5 Å². The third-order valence-corrected chi connectivity index (χ3v) is 10.9. The van der Waals surface area contributed by atoms with Crippen molar-refractivity contribution in [2.24, 2.45) is 17.8 Å². The van der Waals surface area contributed by atoms with Crippen LogP contribution < -0.4 is 9.80 Å². The number of aryl methyl sites for hydroxylation is 1. The number of para-hydroxylation sites is 1. The molecule has 1 saturated carbocycles. The number of benzene rings is 3. The number of hydrogen-bond donors (Lipinski definition) is 1. The zero-order valence-electron chi connectivity index (χ0n) is 22.8. The van der Waals surface area contributed by atoms with Crippen LogP contribution in [0.15, 0.2) is 84.4 Å². The lowest BCUT2D eigenvalue weighted by Gasteiger charge is -2.50. The molecule has 2 aliphatic heterocycles. The molecule has 1 N–H and O–H groups in total. The Kier molecular flexibility index (Phi) is 6.14. The van der Waals surface area contributed by atoms with Gasteiger partial charge in [0, 0.05) is 5.92 Å². The first-order valence-corrected chi connectivity index (χ1v) is 14.7. The van der Waals surface area contributed by atoms with E-state index >= 15 is 0 Å². The van der Waals surface area contributed by atoms with Crippen LogP contribution in [0.25, 0.3) is 0 Å². The van der Waals surface area contributed by atoms with Crippen molar-refractivity contribution in [1.82, 2.24) is 0 Å². The van der Waals surface area contributed by atoms with Gasteiger partial charge in [-0.15, -0.1) is 23.2 Å². The molecule has 7 rings (SSSR count). The fourth-order valence-corrected chi connectivity index (χ4v) is 8.40. The van der Waals surface area contributed by atoms with E-state index in [1.54, 1.807) is 49.4 Å². The van der Waals surface area contributed by atoms with Gasteiger partial charge in [0.15, 0.2) is 9.75 Å². The zero-order chi connectivity index (χ0) is 30.4. The molecule has 0 aromatic heterocycles. The summed E-state index contributed by atoms with van der Waals surface area (Å²) in [7, 11) is 0. The summed E-state index contributed by atoms with van der Waals surface area (Å²) in [5.74, 6) is -5.94. The number of aromatic hydroxyl groups is 1. The van der Waals surface area contributed by atoms with Gasteiger partial charge in [0.05, 0.1) is 23.2 Å². The van der Waals surface area contributed by atoms with Crippen LogP contribution in [0.5, 0.6) is 5.75 Å². The minimum Gasteiger partial charge on any atom is -0.508 e. The fourth-order valence-electron chi connectivity index (χ4n) is 7.46. The molecule has 218 valence electrons. The van der Waals surface area contributed by atoms with Crippen molar-refractivity contribution in [2.75, 3.05) is 9.80 Å². The second-order valence-corrected chi connectivity index (χ2v) is 12.9. The number of nitrogens with zero attached hydrogens (tertiary/aromatic N) is 2. The van der Waals surface area contributed by atoms with E-state index in [4.69, 9.17) is 23.2 Å². The van der Waals surface area contributed by atoms with E-state index in [-0.39, 0.29) is 30.2 Å². The van der Waals surface area contributed by atoms with E-state index < -0.39 is 57.0 Å². The first-order valence-electron chi connectivity index (χ1n) is 13.9. The van der Waals surface area contributed by atoms with Crippen molar-refractivity contribution in [3.05, 3.63) is 101 Å². The van der Waals surface area contributed by atoms with Gasteiger partial charge < -0.3 is 5.11 Å². The molecule has 6 atom stereocenters. The number of amides is 4. The number of imide groups is 2. The van der Waals surface area contributed by atoms with Crippen LogP contribution in [0, 0.1) is 30.5 Å². The summed E-state index contributed by atoms with van der Waals surface area (Å²) >= 11 is 14.7. The molecular formula is C33H25Cl2FN2O5. The van der Waals surface area contributed by atoms with E-state index in [1.807, 2.05) is 6.08 Å². The first kappa shape index (κ1) is 27.8. The molecule has 0 unspecified atom stereocenters. The van der Waals surface area contributed by atoms with E-state index in [0.717, 1.165) is 17.0 Å². The zero-order valence-corrected chi connectivity index (χ0v) is 24.3. The van der Waals surface area contributed by atoms with Crippen LogP contribution in [0.2, 0.25) is 0 Å². The Labute approximate surface area is 256 Å². The van der Waals surface area contributed by atoms with Gasteiger partial charge in [-0.25, -0.2) is 9.29 Å². The largest absolute Gasteiger partial charge is 0.508 e. The Morgan fingerprint density at radius 3 is 2.19 bits per heavy atom. The standard InChI is InChI=1S/C33H25Cl2FN2O5/c1-17-15-18(7-14-25(17)39)27-22-12-13-23-26(29(41)37(28(23)40)20-5-3-2-4-6-20)24(22)16-32(34)30(42)38(31(43)33(27,32)35)21-10-8-19(36)9-11-21/h2-12,14-15,23-24,26-27,39H,13,16H2,1H3/t23-,24+,26-,27-,32+,33-/m0/s1. The van der Waals surface area contributed by atoms with Gasteiger partial charge in [-0.05, 0) is 79.3 Å².